The fourth-order valence-corrected chi connectivity index (χ4v) is 4.54. The molecule has 0 unspecified atom stereocenters. The van der Waals surface area contributed by atoms with Crippen molar-refractivity contribution < 1.29 is 25.3 Å². The van der Waals surface area contributed by atoms with E-state index < -0.39 is 29.3 Å². The molecule has 38 heavy (non-hydrogen) atoms. The van der Waals surface area contributed by atoms with Crippen LogP contribution >= 0.6 is 0 Å². The first kappa shape index (κ1) is 27.0. The van der Waals surface area contributed by atoms with Crippen molar-refractivity contribution in [3.8, 4) is 11.1 Å². The Balaban J connectivity index is 1.39. The van der Waals surface area contributed by atoms with Gasteiger partial charge in [0.25, 0.3) is 5.69 Å². The molecule has 3 aromatic carbocycles. The normalized spacial score (nSPS) is 21.5. The third-order valence-corrected chi connectivity index (χ3v) is 6.66. The minimum Gasteiger partial charge on any atom is -0.395 e. The number of anilines is 1. The van der Waals surface area contributed by atoms with Gasteiger partial charge in [-0.25, -0.2) is 0 Å². The van der Waals surface area contributed by atoms with Crippen molar-refractivity contribution in [2.45, 2.75) is 37.4 Å². The Labute approximate surface area is 218 Å². The fourth-order valence-electron chi connectivity index (χ4n) is 4.54. The zero-order chi connectivity index (χ0) is 27.2. The Morgan fingerprint density at radius 2 is 1.63 bits per heavy atom. The lowest BCUT2D eigenvalue weighted by Gasteiger charge is -2.43. The Morgan fingerprint density at radius 1 is 1.00 bits per heavy atom. The molecule has 4 rings (SSSR count). The number of nitro groups is 1. The first-order valence-electron chi connectivity index (χ1n) is 12.0. The van der Waals surface area contributed by atoms with Crippen molar-refractivity contribution in [3.63, 3.8) is 0 Å². The Kier molecular flexibility index (Phi) is 8.54. The van der Waals surface area contributed by atoms with E-state index in [1.807, 2.05) is 48.5 Å². The molecule has 0 amide bonds. The van der Waals surface area contributed by atoms with Gasteiger partial charge < -0.3 is 25.7 Å². The van der Waals surface area contributed by atoms with E-state index in [0.717, 1.165) is 22.3 Å². The van der Waals surface area contributed by atoms with Crippen molar-refractivity contribution in [2.75, 3.05) is 18.5 Å². The smallest absolute Gasteiger partial charge is 0.292 e. The van der Waals surface area contributed by atoms with Gasteiger partial charge >= 0.3 is 0 Å². The summed E-state index contributed by atoms with van der Waals surface area (Å²) in [7, 11) is 0. The van der Waals surface area contributed by atoms with E-state index in [0.29, 0.717) is 18.8 Å². The molecule has 0 aliphatic carbocycles. The van der Waals surface area contributed by atoms with Crippen molar-refractivity contribution in [1.29, 1.82) is 0 Å². The van der Waals surface area contributed by atoms with Crippen LogP contribution < -0.4 is 5.32 Å². The zero-order valence-electron chi connectivity index (χ0n) is 20.3. The van der Waals surface area contributed by atoms with E-state index in [9.17, 15) is 30.5 Å². The van der Waals surface area contributed by atoms with Crippen LogP contribution in [0.2, 0.25) is 0 Å². The van der Waals surface area contributed by atoms with Crippen LogP contribution in [0.1, 0.15) is 11.1 Å². The molecule has 0 saturated carbocycles. The molecule has 5 N–H and O–H groups in total. The third kappa shape index (κ3) is 6.09. The van der Waals surface area contributed by atoms with Crippen LogP contribution in [-0.2, 0) is 13.1 Å². The van der Waals surface area contributed by atoms with Gasteiger partial charge in [0.05, 0.1) is 23.7 Å². The van der Waals surface area contributed by atoms with Crippen LogP contribution in [0.5, 0.6) is 0 Å². The lowest BCUT2D eigenvalue weighted by Crippen LogP contribution is -2.62. The van der Waals surface area contributed by atoms with Gasteiger partial charge in [-0.05, 0) is 33.9 Å². The summed E-state index contributed by atoms with van der Waals surface area (Å²) in [5.41, 5.74) is 12.6. The number of aliphatic hydroxyl groups excluding tert-OH is 4. The van der Waals surface area contributed by atoms with Crippen molar-refractivity contribution in [1.82, 2.24) is 4.90 Å². The molecule has 1 heterocycles. The maximum Gasteiger partial charge on any atom is 0.292 e. The molecule has 1 saturated heterocycles. The maximum absolute atomic E-state index is 11.4. The molecule has 0 radical (unpaired) electrons. The number of likely N-dealkylation sites (tertiary alicyclic amines) is 1. The third-order valence-electron chi connectivity index (χ3n) is 6.66. The van der Waals surface area contributed by atoms with Gasteiger partial charge in [0.1, 0.15) is 17.9 Å². The van der Waals surface area contributed by atoms with E-state index in [1.54, 1.807) is 4.90 Å². The quantitative estimate of drug-likeness (QED) is 0.0935. The standard InChI is InChI=1S/C26H28N6O6/c27-30-29-20-9-10-21(22(11-20)32(37)38)28-12-16-1-5-18(6-2-16)19-7-3-17(4-8-19)13-31-14-24(34)26(36)25(35)23(31)15-33/h1-11,23-26,28,33-36H,12-15H2/t23-,24+,25-,26-/m1/s1. The number of nitrogens with zero attached hydrogens (tertiary/aromatic N) is 5. The first-order chi connectivity index (χ1) is 18.3. The topological polar surface area (TPSA) is 188 Å². The Morgan fingerprint density at radius 3 is 2.21 bits per heavy atom. The Hall–Kier alpha value is -4.03. The lowest BCUT2D eigenvalue weighted by molar-refractivity contribution is -0.383. The van der Waals surface area contributed by atoms with Gasteiger partial charge in [-0.15, -0.1) is 0 Å². The number of azide groups is 1. The van der Waals surface area contributed by atoms with Crippen molar-refractivity contribution >= 4 is 17.1 Å². The fraction of sp³-hybridized carbons (Fsp3) is 0.308. The van der Waals surface area contributed by atoms with Crippen LogP contribution in [0.25, 0.3) is 21.6 Å². The number of benzene rings is 3. The largest absolute Gasteiger partial charge is 0.395 e. The van der Waals surface area contributed by atoms with Gasteiger partial charge in [0.15, 0.2) is 0 Å². The first-order valence-corrected chi connectivity index (χ1v) is 12.0. The SMILES string of the molecule is [N-]=[N+]=Nc1ccc(NCc2ccc(-c3ccc(CN4C[C@H](O)[C@@H](O)[C@H](O)[C@H]4CO)cc3)cc2)c([N+](=O)[O-])c1. The second-order valence-corrected chi connectivity index (χ2v) is 9.12. The van der Waals surface area contributed by atoms with Gasteiger partial charge in [0, 0.05) is 36.3 Å². The molecule has 12 heteroatoms. The number of rotatable bonds is 9. The zero-order valence-corrected chi connectivity index (χ0v) is 20.3. The van der Waals surface area contributed by atoms with E-state index in [1.165, 1.54) is 18.2 Å². The minimum atomic E-state index is -1.29. The summed E-state index contributed by atoms with van der Waals surface area (Å²) in [6.45, 7) is 0.558. The number of β-amino-alcohol motifs (C(OH)–C–C–N with tert-alkyl or cyclic N) is 1. The molecule has 1 aliphatic heterocycles. The van der Waals surface area contributed by atoms with E-state index in [2.05, 4.69) is 15.3 Å². The second-order valence-electron chi connectivity index (χ2n) is 9.12. The van der Waals surface area contributed by atoms with Crippen LogP contribution in [0.15, 0.2) is 71.8 Å². The average Bonchev–Trinajstić information content (AvgIpc) is 2.92. The van der Waals surface area contributed by atoms with E-state index >= 15 is 0 Å². The van der Waals surface area contributed by atoms with Crippen LogP contribution in [0.3, 0.4) is 0 Å². The summed E-state index contributed by atoms with van der Waals surface area (Å²) >= 11 is 0. The molecule has 0 spiro atoms. The van der Waals surface area contributed by atoms with Crippen LogP contribution in [0.4, 0.5) is 17.1 Å². The number of piperidine rings is 1. The molecule has 198 valence electrons. The number of hydrogen-bond donors (Lipinski definition) is 5. The number of nitro benzene ring substituents is 1. The highest BCUT2D eigenvalue weighted by atomic mass is 16.6. The molecule has 0 aromatic heterocycles. The van der Waals surface area contributed by atoms with Crippen molar-refractivity contribution in [3.05, 3.63) is 98.4 Å². The summed E-state index contributed by atoms with van der Waals surface area (Å²) in [5.74, 6) is 0. The van der Waals surface area contributed by atoms with Gasteiger partial charge in [-0.2, -0.15) is 0 Å². The number of hydrogen-bond acceptors (Lipinski definition) is 9. The summed E-state index contributed by atoms with van der Waals surface area (Å²) in [5, 5.41) is 57.6. The molecular formula is C26H28N6O6. The molecular weight excluding hydrogens is 492 g/mol. The van der Waals surface area contributed by atoms with E-state index in [4.69, 9.17) is 5.53 Å². The summed E-state index contributed by atoms with van der Waals surface area (Å²) in [6.07, 6.45) is -3.62. The highest BCUT2D eigenvalue weighted by Gasteiger charge is 2.40. The monoisotopic (exact) mass is 520 g/mol. The maximum atomic E-state index is 11.4. The van der Waals surface area contributed by atoms with Crippen LogP contribution in [0, 0.1) is 10.1 Å². The number of aliphatic hydroxyl groups is 4. The van der Waals surface area contributed by atoms with E-state index in [-0.39, 0.29) is 24.5 Å². The molecule has 1 aliphatic rings. The molecule has 4 atom stereocenters. The summed E-state index contributed by atoms with van der Waals surface area (Å²) < 4.78 is 0. The highest BCUT2D eigenvalue weighted by Crippen LogP contribution is 2.30. The predicted octanol–water partition coefficient (Wildman–Crippen LogP) is 3.07. The van der Waals surface area contributed by atoms with Crippen LogP contribution in [-0.4, -0.2) is 67.8 Å². The number of nitrogens with one attached hydrogen (secondary N) is 1. The summed E-state index contributed by atoms with van der Waals surface area (Å²) in [4.78, 5) is 15.3. The van der Waals surface area contributed by atoms with Gasteiger partial charge in [0.2, 0.25) is 0 Å². The molecule has 12 nitrogen and oxygen atoms in total. The van der Waals surface area contributed by atoms with Gasteiger partial charge in [-0.1, -0.05) is 59.7 Å². The predicted molar refractivity (Wildman–Crippen MR) is 140 cm³/mol. The molecule has 0 bridgehead atoms. The average molecular weight is 521 g/mol. The molecule has 1 fully saturated rings. The van der Waals surface area contributed by atoms with Crippen molar-refractivity contribution in [2.24, 2.45) is 5.11 Å². The second kappa shape index (κ2) is 12.0. The minimum absolute atomic E-state index is 0.141. The lowest BCUT2D eigenvalue weighted by atomic mass is 9.93. The summed E-state index contributed by atoms with van der Waals surface area (Å²) in [6, 6.07) is 19.1. The highest BCUT2D eigenvalue weighted by molar-refractivity contribution is 5.67. The molecule has 3 aromatic rings. The Bertz CT molecular complexity index is 1310. The van der Waals surface area contributed by atoms with Gasteiger partial charge in [-0.3, -0.25) is 15.0 Å².